The summed E-state index contributed by atoms with van der Waals surface area (Å²) in [5.74, 6) is 0.413. The minimum absolute atomic E-state index is 0.0629. The van der Waals surface area contributed by atoms with Gasteiger partial charge in [-0.15, -0.1) is 0 Å². The van der Waals surface area contributed by atoms with Crippen molar-refractivity contribution in [3.8, 4) is 0 Å². The van der Waals surface area contributed by atoms with Crippen molar-refractivity contribution in [2.75, 3.05) is 24.9 Å². The van der Waals surface area contributed by atoms with Crippen LogP contribution >= 0.6 is 0 Å². The van der Waals surface area contributed by atoms with Gasteiger partial charge in [-0.05, 0) is 0 Å². The van der Waals surface area contributed by atoms with Crippen molar-refractivity contribution < 1.29 is 19.8 Å². The van der Waals surface area contributed by atoms with E-state index in [0.29, 0.717) is 23.4 Å². The van der Waals surface area contributed by atoms with Crippen LogP contribution in [0.25, 0.3) is 11.2 Å². The summed E-state index contributed by atoms with van der Waals surface area (Å²) < 4.78 is 7.28. The molecule has 10 nitrogen and oxygen atoms in total. The second kappa shape index (κ2) is 5.41. The smallest absolute Gasteiger partial charge is 0.224 e. The van der Waals surface area contributed by atoms with E-state index < -0.39 is 18.4 Å². The molecule has 3 heterocycles. The number of rotatable bonds is 4. The van der Waals surface area contributed by atoms with E-state index in [0.717, 1.165) is 0 Å². The van der Waals surface area contributed by atoms with E-state index in [4.69, 9.17) is 20.4 Å². The quantitative estimate of drug-likeness (QED) is 0.524. The molecule has 5 N–H and O–H groups in total. The first-order chi connectivity index (χ1) is 10.1. The number of nitrogens with one attached hydrogen (secondary N) is 1. The van der Waals surface area contributed by atoms with Crippen LogP contribution in [0.1, 0.15) is 12.6 Å². The van der Waals surface area contributed by atoms with Crippen molar-refractivity contribution in [1.82, 2.24) is 19.5 Å². The molecule has 3 atom stereocenters. The zero-order chi connectivity index (χ0) is 15.0. The zero-order valence-electron chi connectivity index (χ0n) is 11.3. The summed E-state index contributed by atoms with van der Waals surface area (Å²) in [4.78, 5) is 17.1. The van der Waals surface area contributed by atoms with Crippen molar-refractivity contribution in [2.24, 2.45) is 0 Å². The Kier molecular flexibility index (Phi) is 3.59. The number of nitrogens with two attached hydrogens (primary N) is 1. The van der Waals surface area contributed by atoms with Crippen molar-refractivity contribution in [3.63, 3.8) is 0 Å². The van der Waals surface area contributed by atoms with E-state index in [9.17, 15) is 5.11 Å². The second-order valence-electron chi connectivity index (χ2n) is 4.68. The van der Waals surface area contributed by atoms with Crippen LogP contribution in [0.15, 0.2) is 6.33 Å². The Balaban J connectivity index is 2.03. The molecule has 1 fully saturated rings. The molecule has 0 aliphatic carbocycles. The topological polar surface area (TPSA) is 141 Å². The van der Waals surface area contributed by atoms with Crippen LogP contribution < -0.4 is 11.2 Å². The van der Waals surface area contributed by atoms with Crippen LogP contribution in [-0.2, 0) is 9.57 Å². The molecule has 0 unspecified atom stereocenters. The highest BCUT2D eigenvalue weighted by molar-refractivity contribution is 5.84. The highest BCUT2D eigenvalue weighted by Gasteiger charge is 2.35. The van der Waals surface area contributed by atoms with Gasteiger partial charge in [-0.2, -0.15) is 9.97 Å². The van der Waals surface area contributed by atoms with Crippen LogP contribution in [0.3, 0.4) is 0 Å². The molecule has 10 heteroatoms. The van der Waals surface area contributed by atoms with Gasteiger partial charge < -0.3 is 20.7 Å². The van der Waals surface area contributed by atoms with Crippen molar-refractivity contribution >= 4 is 22.9 Å². The maximum atomic E-state index is 9.84. The number of hydrogen-bond donors (Lipinski definition) is 4. The van der Waals surface area contributed by atoms with Crippen molar-refractivity contribution in [3.05, 3.63) is 6.33 Å². The number of aliphatic hydroxyl groups excluding tert-OH is 2. The Morgan fingerprint density at radius 3 is 3.05 bits per heavy atom. The first kappa shape index (κ1) is 13.9. The number of ether oxygens (including phenoxy) is 1. The molecule has 1 saturated heterocycles. The van der Waals surface area contributed by atoms with Crippen molar-refractivity contribution in [2.45, 2.75) is 24.9 Å². The van der Waals surface area contributed by atoms with Gasteiger partial charge in [-0.1, -0.05) is 0 Å². The standard InChI is InChI=1S/C11H16N6O4/c1-20-16-10-8-9(14-11(12)15-10)13-4-17(8)7-2-5(19)6(3-18)21-7/h4-7,18-19H,2-3H2,1H3,(H3,12,14,15,16)/t5-,6+,7+/m0/s1. The average Bonchev–Trinajstić information content (AvgIpc) is 3.02. The number of aromatic nitrogens is 4. The Morgan fingerprint density at radius 2 is 2.38 bits per heavy atom. The van der Waals surface area contributed by atoms with Crippen molar-refractivity contribution in [1.29, 1.82) is 0 Å². The Labute approximate surface area is 119 Å². The fraction of sp³-hybridized carbons (Fsp3) is 0.545. The predicted molar refractivity (Wildman–Crippen MR) is 72.0 cm³/mol. The molecule has 1 aliphatic heterocycles. The molecule has 0 spiro atoms. The molecule has 2 aromatic rings. The summed E-state index contributed by atoms with van der Waals surface area (Å²) >= 11 is 0. The van der Waals surface area contributed by atoms with Crippen LogP contribution in [0.5, 0.6) is 0 Å². The maximum absolute atomic E-state index is 9.84. The molecule has 0 amide bonds. The van der Waals surface area contributed by atoms with E-state index in [2.05, 4.69) is 20.4 Å². The summed E-state index contributed by atoms with van der Waals surface area (Å²) in [5.41, 5.74) is 9.16. The number of aliphatic hydroxyl groups is 2. The number of hydrogen-bond acceptors (Lipinski definition) is 9. The van der Waals surface area contributed by atoms with Gasteiger partial charge in [0, 0.05) is 6.42 Å². The van der Waals surface area contributed by atoms with E-state index in [1.807, 2.05) is 0 Å². The number of imidazole rings is 1. The van der Waals surface area contributed by atoms with Gasteiger partial charge in [-0.25, -0.2) is 10.5 Å². The maximum Gasteiger partial charge on any atom is 0.224 e. The molecule has 1 aliphatic rings. The number of fused-ring (bicyclic) bond motifs is 1. The Hall–Kier alpha value is -2.01. The third kappa shape index (κ3) is 2.38. The highest BCUT2D eigenvalue weighted by Crippen LogP contribution is 2.32. The number of nitrogens with zero attached hydrogens (tertiary/aromatic N) is 4. The van der Waals surface area contributed by atoms with E-state index in [-0.39, 0.29) is 12.6 Å². The Morgan fingerprint density at radius 1 is 1.57 bits per heavy atom. The van der Waals surface area contributed by atoms with Gasteiger partial charge >= 0.3 is 0 Å². The van der Waals surface area contributed by atoms with Crippen LogP contribution in [0.4, 0.5) is 11.8 Å². The van der Waals surface area contributed by atoms with Crippen LogP contribution in [0.2, 0.25) is 0 Å². The molecular formula is C11H16N6O4. The first-order valence-corrected chi connectivity index (χ1v) is 6.37. The molecule has 0 radical (unpaired) electrons. The lowest BCUT2D eigenvalue weighted by Crippen LogP contribution is -2.24. The zero-order valence-corrected chi connectivity index (χ0v) is 11.3. The summed E-state index contributed by atoms with van der Waals surface area (Å²) in [6, 6.07) is 0. The minimum atomic E-state index is -0.744. The highest BCUT2D eigenvalue weighted by atomic mass is 16.6. The molecule has 2 aromatic heterocycles. The lowest BCUT2D eigenvalue weighted by atomic mass is 10.2. The van der Waals surface area contributed by atoms with Gasteiger partial charge in [0.2, 0.25) is 5.95 Å². The van der Waals surface area contributed by atoms with Crippen LogP contribution in [-0.4, -0.2) is 55.7 Å². The number of nitrogen functional groups attached to an aromatic ring is 1. The fourth-order valence-electron chi connectivity index (χ4n) is 2.40. The third-order valence-electron chi connectivity index (χ3n) is 3.34. The van der Waals surface area contributed by atoms with Gasteiger partial charge in [0.25, 0.3) is 0 Å². The van der Waals surface area contributed by atoms with Gasteiger partial charge in [-0.3, -0.25) is 9.40 Å². The average molecular weight is 296 g/mol. The molecule has 3 rings (SSSR count). The first-order valence-electron chi connectivity index (χ1n) is 6.37. The summed E-state index contributed by atoms with van der Waals surface area (Å²) in [5, 5.41) is 19.0. The normalized spacial score (nSPS) is 25.6. The second-order valence-corrected chi connectivity index (χ2v) is 4.68. The lowest BCUT2D eigenvalue weighted by Gasteiger charge is -2.15. The minimum Gasteiger partial charge on any atom is -0.394 e. The SMILES string of the molecule is CONc1nc(N)nc2ncn([C@H]3C[C@H](O)[C@@H](CO)O3)c12. The largest absolute Gasteiger partial charge is 0.394 e. The Bertz CT molecular complexity index is 647. The van der Waals surface area contributed by atoms with E-state index in [1.165, 1.54) is 13.4 Å². The van der Waals surface area contributed by atoms with Gasteiger partial charge in [0.15, 0.2) is 11.5 Å². The van der Waals surface area contributed by atoms with E-state index >= 15 is 0 Å². The predicted octanol–water partition coefficient (Wildman–Crippen LogP) is -0.978. The van der Waals surface area contributed by atoms with E-state index in [1.54, 1.807) is 4.57 Å². The van der Waals surface area contributed by atoms with Crippen LogP contribution in [0, 0.1) is 0 Å². The third-order valence-corrected chi connectivity index (χ3v) is 3.34. The van der Waals surface area contributed by atoms with Gasteiger partial charge in [0.1, 0.15) is 17.8 Å². The monoisotopic (exact) mass is 296 g/mol. The molecule has 21 heavy (non-hydrogen) atoms. The fourth-order valence-corrected chi connectivity index (χ4v) is 2.40. The van der Waals surface area contributed by atoms with Gasteiger partial charge in [0.05, 0.1) is 26.1 Å². The molecule has 0 saturated carbocycles. The molecule has 0 bridgehead atoms. The summed E-state index contributed by atoms with van der Waals surface area (Å²) in [6.07, 6.45) is 0.00306. The molecule has 114 valence electrons. The summed E-state index contributed by atoms with van der Waals surface area (Å²) in [7, 11) is 1.45. The number of anilines is 2. The molecular weight excluding hydrogens is 280 g/mol. The summed E-state index contributed by atoms with van der Waals surface area (Å²) in [6.45, 7) is -0.253. The lowest BCUT2D eigenvalue weighted by molar-refractivity contribution is -0.0430. The molecule has 0 aromatic carbocycles.